The fraction of sp³-hybridized carbons (Fsp3) is 0.417. The first-order chi connectivity index (χ1) is 14.0. The van der Waals surface area contributed by atoms with Gasteiger partial charge in [0.1, 0.15) is 0 Å². The molecule has 6 heteroatoms. The second-order valence-electron chi connectivity index (χ2n) is 7.93. The molecule has 1 saturated heterocycles. The van der Waals surface area contributed by atoms with Gasteiger partial charge in [-0.1, -0.05) is 56.3 Å². The van der Waals surface area contributed by atoms with Crippen LogP contribution in [-0.4, -0.2) is 36.4 Å². The number of amides is 1. The van der Waals surface area contributed by atoms with Crippen molar-refractivity contribution in [2.75, 3.05) is 25.0 Å². The standard InChI is InChI=1S/C24H32N4O.HI/c1-3-18(2)21-9-11-22(12-10-21)27-24(25)26-16-20-15-23(29)28(17-20)14-13-19-7-5-4-6-8-19;/h4-12,18,20H,3,13-17H2,1-2H3,(H3,25,26,27);1H. The van der Waals surface area contributed by atoms with Crippen LogP contribution in [0.5, 0.6) is 0 Å². The molecule has 1 aliphatic heterocycles. The van der Waals surface area contributed by atoms with Gasteiger partial charge in [0.15, 0.2) is 5.96 Å². The second-order valence-corrected chi connectivity index (χ2v) is 7.93. The third kappa shape index (κ3) is 7.00. The highest BCUT2D eigenvalue weighted by molar-refractivity contribution is 14.0. The molecule has 0 radical (unpaired) electrons. The van der Waals surface area contributed by atoms with Crippen LogP contribution in [0, 0.1) is 5.92 Å². The molecule has 2 aromatic rings. The monoisotopic (exact) mass is 520 g/mol. The lowest BCUT2D eigenvalue weighted by atomic mass is 9.99. The van der Waals surface area contributed by atoms with Gasteiger partial charge >= 0.3 is 0 Å². The summed E-state index contributed by atoms with van der Waals surface area (Å²) >= 11 is 0. The van der Waals surface area contributed by atoms with E-state index >= 15 is 0 Å². The van der Waals surface area contributed by atoms with Gasteiger partial charge in [0.25, 0.3) is 0 Å². The van der Waals surface area contributed by atoms with Gasteiger partial charge in [-0.2, -0.15) is 0 Å². The van der Waals surface area contributed by atoms with Crippen molar-refractivity contribution in [3.05, 3.63) is 65.7 Å². The Bertz CT molecular complexity index is 823. The maximum Gasteiger partial charge on any atom is 0.223 e. The van der Waals surface area contributed by atoms with E-state index < -0.39 is 0 Å². The van der Waals surface area contributed by atoms with Crippen molar-refractivity contribution in [3.8, 4) is 0 Å². The zero-order chi connectivity index (χ0) is 20.6. The van der Waals surface area contributed by atoms with Crippen molar-refractivity contribution in [2.24, 2.45) is 16.6 Å². The van der Waals surface area contributed by atoms with Crippen LogP contribution in [0.3, 0.4) is 0 Å². The average molecular weight is 520 g/mol. The summed E-state index contributed by atoms with van der Waals surface area (Å²) in [5, 5.41) is 3.15. The van der Waals surface area contributed by atoms with Crippen LogP contribution < -0.4 is 11.1 Å². The average Bonchev–Trinajstić information content (AvgIpc) is 3.11. The van der Waals surface area contributed by atoms with Crippen LogP contribution in [0.15, 0.2) is 59.6 Å². The molecule has 162 valence electrons. The molecule has 30 heavy (non-hydrogen) atoms. The van der Waals surface area contributed by atoms with Gasteiger partial charge in [-0.25, -0.2) is 0 Å². The summed E-state index contributed by atoms with van der Waals surface area (Å²) in [6.45, 7) is 6.51. The molecule has 0 aliphatic carbocycles. The molecule has 5 nitrogen and oxygen atoms in total. The minimum absolute atomic E-state index is 0. The Balaban J connectivity index is 0.00000320. The Labute approximate surface area is 197 Å². The molecule has 3 N–H and O–H groups in total. The fourth-order valence-electron chi connectivity index (χ4n) is 3.65. The predicted molar refractivity (Wildman–Crippen MR) is 136 cm³/mol. The molecule has 1 fully saturated rings. The summed E-state index contributed by atoms with van der Waals surface area (Å²) in [7, 11) is 0. The number of nitrogens with zero attached hydrogens (tertiary/aromatic N) is 2. The first-order valence-corrected chi connectivity index (χ1v) is 10.5. The van der Waals surface area contributed by atoms with Crippen LogP contribution in [-0.2, 0) is 11.2 Å². The fourth-order valence-corrected chi connectivity index (χ4v) is 3.65. The van der Waals surface area contributed by atoms with Gasteiger partial charge < -0.3 is 16.0 Å². The number of rotatable bonds is 8. The number of aliphatic imine (C=N–C) groups is 1. The zero-order valence-electron chi connectivity index (χ0n) is 17.9. The third-order valence-corrected chi connectivity index (χ3v) is 5.69. The Kier molecular flexibility index (Phi) is 9.62. The highest BCUT2D eigenvalue weighted by atomic mass is 127. The van der Waals surface area contributed by atoms with Crippen LogP contribution in [0.1, 0.15) is 43.7 Å². The van der Waals surface area contributed by atoms with Crippen LogP contribution in [0.25, 0.3) is 0 Å². The topological polar surface area (TPSA) is 70.7 Å². The van der Waals surface area contributed by atoms with Crippen molar-refractivity contribution in [2.45, 2.75) is 39.0 Å². The lowest BCUT2D eigenvalue weighted by Crippen LogP contribution is -2.28. The number of nitrogens with two attached hydrogens (primary N) is 1. The molecule has 0 aromatic heterocycles. The number of anilines is 1. The number of nitrogens with one attached hydrogen (secondary N) is 1. The highest BCUT2D eigenvalue weighted by Crippen LogP contribution is 2.21. The summed E-state index contributed by atoms with van der Waals surface area (Å²) < 4.78 is 0. The largest absolute Gasteiger partial charge is 0.370 e. The Morgan fingerprint density at radius 3 is 2.57 bits per heavy atom. The van der Waals surface area contributed by atoms with E-state index in [0.717, 1.165) is 31.6 Å². The quantitative estimate of drug-likeness (QED) is 0.303. The van der Waals surface area contributed by atoms with Crippen molar-refractivity contribution in [1.82, 2.24) is 4.90 Å². The molecular weight excluding hydrogens is 487 g/mol. The minimum atomic E-state index is 0. The number of likely N-dealkylation sites (tertiary alicyclic amines) is 1. The molecule has 0 spiro atoms. The molecule has 1 aliphatic rings. The lowest BCUT2D eigenvalue weighted by molar-refractivity contribution is -0.127. The first-order valence-electron chi connectivity index (χ1n) is 10.5. The van der Waals surface area contributed by atoms with E-state index in [2.05, 4.69) is 48.4 Å². The number of hydrogen-bond donors (Lipinski definition) is 2. The van der Waals surface area contributed by atoms with E-state index in [1.165, 1.54) is 11.1 Å². The van der Waals surface area contributed by atoms with Crippen LogP contribution in [0.4, 0.5) is 5.69 Å². The van der Waals surface area contributed by atoms with Gasteiger partial charge in [-0.15, -0.1) is 24.0 Å². The van der Waals surface area contributed by atoms with E-state index in [9.17, 15) is 4.79 Å². The Morgan fingerprint density at radius 1 is 1.20 bits per heavy atom. The highest BCUT2D eigenvalue weighted by Gasteiger charge is 2.28. The predicted octanol–water partition coefficient (Wildman–Crippen LogP) is 4.64. The molecule has 1 heterocycles. The van der Waals surface area contributed by atoms with Gasteiger partial charge in [-0.3, -0.25) is 9.79 Å². The number of benzene rings is 2. The van der Waals surface area contributed by atoms with Crippen molar-refractivity contribution < 1.29 is 4.79 Å². The van der Waals surface area contributed by atoms with E-state index in [4.69, 9.17) is 5.73 Å². The molecule has 3 rings (SSSR count). The lowest BCUT2D eigenvalue weighted by Gasteiger charge is -2.16. The third-order valence-electron chi connectivity index (χ3n) is 5.69. The normalized spacial score (nSPS) is 17.5. The van der Waals surface area contributed by atoms with E-state index in [1.807, 2.05) is 35.2 Å². The van der Waals surface area contributed by atoms with E-state index in [1.54, 1.807) is 0 Å². The van der Waals surface area contributed by atoms with Crippen molar-refractivity contribution in [3.63, 3.8) is 0 Å². The summed E-state index contributed by atoms with van der Waals surface area (Å²) in [5.74, 6) is 1.40. The zero-order valence-corrected chi connectivity index (χ0v) is 20.2. The van der Waals surface area contributed by atoms with Gasteiger partial charge in [0.2, 0.25) is 5.91 Å². The summed E-state index contributed by atoms with van der Waals surface area (Å²) in [6.07, 6.45) is 2.56. The number of halogens is 1. The molecule has 0 bridgehead atoms. The first kappa shape index (κ1) is 24.2. The van der Waals surface area contributed by atoms with Crippen molar-refractivity contribution >= 4 is 41.5 Å². The minimum Gasteiger partial charge on any atom is -0.370 e. The summed E-state index contributed by atoms with van der Waals surface area (Å²) in [5.41, 5.74) is 9.57. The SMILES string of the molecule is CCC(C)c1ccc(NC(N)=NCC2CC(=O)N(CCc3ccccc3)C2)cc1.I. The Morgan fingerprint density at radius 2 is 1.90 bits per heavy atom. The van der Waals surface area contributed by atoms with Crippen molar-refractivity contribution in [1.29, 1.82) is 0 Å². The molecular formula is C24H33IN4O. The van der Waals surface area contributed by atoms with Gasteiger partial charge in [-0.05, 0) is 42.0 Å². The van der Waals surface area contributed by atoms with Gasteiger partial charge in [0, 0.05) is 37.7 Å². The van der Waals surface area contributed by atoms with E-state index in [-0.39, 0.29) is 35.8 Å². The van der Waals surface area contributed by atoms with E-state index in [0.29, 0.717) is 24.8 Å². The molecule has 2 atom stereocenters. The number of hydrogen-bond acceptors (Lipinski definition) is 2. The molecule has 2 aromatic carbocycles. The smallest absolute Gasteiger partial charge is 0.223 e. The number of carbonyl (C=O) groups excluding carboxylic acids is 1. The maximum atomic E-state index is 12.3. The number of carbonyl (C=O) groups is 1. The molecule has 2 unspecified atom stereocenters. The molecule has 0 saturated carbocycles. The summed E-state index contributed by atoms with van der Waals surface area (Å²) in [4.78, 5) is 18.7. The van der Waals surface area contributed by atoms with Crippen LogP contribution in [0.2, 0.25) is 0 Å². The van der Waals surface area contributed by atoms with Gasteiger partial charge in [0.05, 0.1) is 0 Å². The maximum absolute atomic E-state index is 12.3. The molecule has 1 amide bonds. The second kappa shape index (κ2) is 11.9. The number of guanidine groups is 1. The Hall–Kier alpha value is -2.09. The summed E-state index contributed by atoms with van der Waals surface area (Å²) in [6, 6.07) is 18.6. The van der Waals surface area contributed by atoms with Crippen LogP contribution >= 0.6 is 24.0 Å².